The highest BCUT2D eigenvalue weighted by molar-refractivity contribution is 7.96. The molecular weight excluding hydrogens is 506 g/mol. The van der Waals surface area contributed by atoms with Crippen LogP contribution in [0, 0.1) is 5.82 Å². The maximum atomic E-state index is 14.8. The molecule has 0 amide bonds. The Kier molecular flexibility index (Phi) is 7.23. The Morgan fingerprint density at radius 1 is 1.11 bits per heavy atom. The fourth-order valence-electron chi connectivity index (χ4n) is 4.92. The van der Waals surface area contributed by atoms with Gasteiger partial charge in [-0.25, -0.2) is 19.3 Å². The Morgan fingerprint density at radius 2 is 1.80 bits per heavy atom. The lowest BCUT2D eigenvalue weighted by molar-refractivity contribution is -0.178. The summed E-state index contributed by atoms with van der Waals surface area (Å²) in [7, 11) is 0. The van der Waals surface area contributed by atoms with Crippen LogP contribution in [0.15, 0.2) is 6.20 Å². The van der Waals surface area contributed by atoms with E-state index in [1.807, 2.05) is 6.26 Å². The minimum atomic E-state index is -4.73. The molecule has 0 bridgehead atoms. The molecule has 2 aromatic heterocycles. The molecule has 35 heavy (non-hydrogen) atoms. The van der Waals surface area contributed by atoms with Crippen LogP contribution in [0.3, 0.4) is 0 Å². The van der Waals surface area contributed by atoms with E-state index in [1.54, 1.807) is 11.9 Å². The van der Waals surface area contributed by atoms with E-state index in [-0.39, 0.29) is 28.5 Å². The zero-order chi connectivity index (χ0) is 24.6. The van der Waals surface area contributed by atoms with Crippen LogP contribution in [0.25, 0.3) is 10.6 Å². The Labute approximate surface area is 209 Å². The van der Waals surface area contributed by atoms with Gasteiger partial charge in [0.25, 0.3) is 0 Å². The van der Waals surface area contributed by atoms with Gasteiger partial charge >= 0.3 is 6.18 Å². The quantitative estimate of drug-likeness (QED) is 0.410. The number of piperidine rings is 1. The molecule has 1 spiro atoms. The number of hydrogen-bond donors (Lipinski definition) is 1. The van der Waals surface area contributed by atoms with Gasteiger partial charge in [0.05, 0.1) is 29.3 Å². The smallest absolute Gasteiger partial charge is 0.351 e. The summed E-state index contributed by atoms with van der Waals surface area (Å²) < 4.78 is 70.3. The van der Waals surface area contributed by atoms with E-state index in [9.17, 15) is 17.6 Å². The minimum Gasteiger partial charge on any atom is -0.351 e. The van der Waals surface area contributed by atoms with Crippen LogP contribution < -0.4 is 5.32 Å². The summed E-state index contributed by atoms with van der Waals surface area (Å²) in [5.41, 5.74) is -1.46. The number of hydrogen-bond acceptors (Lipinski definition) is 9. The van der Waals surface area contributed by atoms with Crippen molar-refractivity contribution in [2.75, 3.05) is 37.9 Å². The molecule has 192 valence electrons. The Hall–Kier alpha value is -1.54. The third-order valence-electron chi connectivity index (χ3n) is 6.83. The van der Waals surface area contributed by atoms with Crippen LogP contribution in [0.4, 0.5) is 23.5 Å². The van der Waals surface area contributed by atoms with Gasteiger partial charge in [-0.3, -0.25) is 4.31 Å². The third kappa shape index (κ3) is 5.43. The highest BCUT2D eigenvalue weighted by Gasteiger charge is 2.44. The second kappa shape index (κ2) is 10.1. The average Bonchev–Trinajstić information content (AvgIpc) is 3.49. The van der Waals surface area contributed by atoms with E-state index in [0.717, 1.165) is 43.5 Å². The van der Waals surface area contributed by atoms with Gasteiger partial charge in [-0.1, -0.05) is 11.9 Å². The van der Waals surface area contributed by atoms with E-state index in [4.69, 9.17) is 9.47 Å². The molecule has 1 aliphatic carbocycles. The molecule has 3 fully saturated rings. The first-order chi connectivity index (χ1) is 16.8. The van der Waals surface area contributed by atoms with Crippen LogP contribution in [0.2, 0.25) is 0 Å². The number of alkyl halides is 3. The maximum Gasteiger partial charge on any atom is 0.434 e. The molecule has 3 aliphatic rings. The van der Waals surface area contributed by atoms with Crippen LogP contribution in [0.5, 0.6) is 0 Å². The van der Waals surface area contributed by atoms with Crippen molar-refractivity contribution in [1.82, 2.24) is 19.3 Å². The summed E-state index contributed by atoms with van der Waals surface area (Å²) in [6.45, 7) is 2.82. The zero-order valence-electron chi connectivity index (χ0n) is 19.2. The summed E-state index contributed by atoms with van der Waals surface area (Å²) in [5.74, 6) is -1.56. The fraction of sp³-hybridized carbons (Fsp3) is 0.682. The van der Waals surface area contributed by atoms with Gasteiger partial charge < -0.3 is 14.8 Å². The molecule has 0 radical (unpaired) electrons. The van der Waals surface area contributed by atoms with Gasteiger partial charge in [-0.05, 0) is 31.9 Å². The molecule has 0 atom stereocenters. The van der Waals surface area contributed by atoms with Gasteiger partial charge in [0.15, 0.2) is 17.3 Å². The monoisotopic (exact) mass is 533 g/mol. The first kappa shape index (κ1) is 25.1. The maximum absolute atomic E-state index is 14.8. The standard InChI is InChI=1S/C22H27F4N5O2S2/c1-34-31-8-4-14(5-9-31)28-20-27-12-15(23)16(29-20)17-18(22(24,25)26)30-19(35-17)13-2-6-21(7-3-13)32-10-11-33-21/h12-14H,2-11H2,1H3,(H,27,28,29). The number of thiazole rings is 1. The van der Waals surface area contributed by atoms with E-state index < -0.39 is 23.5 Å². The number of ether oxygens (including phenoxy) is 2. The molecule has 0 unspecified atom stereocenters. The van der Waals surface area contributed by atoms with Crippen molar-refractivity contribution < 1.29 is 27.0 Å². The summed E-state index contributed by atoms with van der Waals surface area (Å²) >= 11 is 2.55. The molecular formula is C22H27F4N5O2S2. The molecule has 2 aliphatic heterocycles. The van der Waals surface area contributed by atoms with Crippen molar-refractivity contribution in [1.29, 1.82) is 0 Å². The molecule has 7 nitrogen and oxygen atoms in total. The minimum absolute atomic E-state index is 0.0744. The molecule has 4 heterocycles. The largest absolute Gasteiger partial charge is 0.434 e. The Morgan fingerprint density at radius 3 is 2.43 bits per heavy atom. The van der Waals surface area contributed by atoms with Crippen molar-refractivity contribution in [3.8, 4) is 10.6 Å². The SMILES string of the molecule is CSN1CCC(Nc2ncc(F)c(-c3sc(C4CCC5(CC4)OCCO5)nc3C(F)(F)F)n2)CC1. The predicted octanol–water partition coefficient (Wildman–Crippen LogP) is 5.31. The zero-order valence-corrected chi connectivity index (χ0v) is 20.9. The second-order valence-electron chi connectivity index (χ2n) is 9.03. The highest BCUT2D eigenvalue weighted by atomic mass is 32.2. The summed E-state index contributed by atoms with van der Waals surface area (Å²) in [6.07, 6.45) is 2.28. The molecule has 1 N–H and O–H groups in total. The van der Waals surface area contributed by atoms with Gasteiger partial charge in [0.2, 0.25) is 5.95 Å². The van der Waals surface area contributed by atoms with E-state index in [2.05, 4.69) is 24.6 Å². The number of rotatable bonds is 5. The van der Waals surface area contributed by atoms with Crippen molar-refractivity contribution in [2.24, 2.45) is 0 Å². The van der Waals surface area contributed by atoms with Crippen LogP contribution in [-0.4, -0.2) is 63.6 Å². The summed E-state index contributed by atoms with van der Waals surface area (Å²) in [4.78, 5) is 11.8. The van der Waals surface area contributed by atoms with Gasteiger partial charge in [0.1, 0.15) is 5.69 Å². The third-order valence-corrected chi connectivity index (χ3v) is 8.93. The predicted molar refractivity (Wildman–Crippen MR) is 126 cm³/mol. The van der Waals surface area contributed by atoms with E-state index >= 15 is 0 Å². The lowest BCUT2D eigenvalue weighted by atomic mass is 9.85. The van der Waals surface area contributed by atoms with Gasteiger partial charge in [-0.2, -0.15) is 13.2 Å². The van der Waals surface area contributed by atoms with Gasteiger partial charge in [-0.15, -0.1) is 11.3 Å². The molecule has 2 saturated heterocycles. The highest BCUT2D eigenvalue weighted by Crippen LogP contribution is 2.47. The summed E-state index contributed by atoms with van der Waals surface area (Å²) in [6, 6.07) is 0.0744. The molecule has 1 saturated carbocycles. The Balaban J connectivity index is 1.38. The molecule has 0 aromatic carbocycles. The van der Waals surface area contributed by atoms with Crippen LogP contribution in [0.1, 0.15) is 55.1 Å². The van der Waals surface area contributed by atoms with Crippen molar-refractivity contribution in [3.63, 3.8) is 0 Å². The molecule has 2 aromatic rings. The second-order valence-corrected chi connectivity index (χ2v) is 10.9. The lowest BCUT2D eigenvalue weighted by Gasteiger charge is -2.34. The van der Waals surface area contributed by atoms with Crippen LogP contribution >= 0.6 is 23.3 Å². The van der Waals surface area contributed by atoms with Crippen molar-refractivity contribution in [3.05, 3.63) is 22.7 Å². The first-order valence-corrected chi connectivity index (χ1v) is 13.7. The van der Waals surface area contributed by atoms with Gasteiger partial charge in [0, 0.05) is 37.9 Å². The number of halogens is 4. The fourth-order valence-corrected chi connectivity index (χ4v) is 6.74. The normalized spacial score (nSPS) is 22.2. The average molecular weight is 534 g/mol. The number of aromatic nitrogens is 3. The van der Waals surface area contributed by atoms with Crippen molar-refractivity contribution >= 4 is 29.2 Å². The van der Waals surface area contributed by atoms with Crippen molar-refractivity contribution in [2.45, 2.75) is 62.4 Å². The lowest BCUT2D eigenvalue weighted by Crippen LogP contribution is -2.35. The number of nitrogens with zero attached hydrogens (tertiary/aromatic N) is 4. The van der Waals surface area contributed by atoms with Crippen LogP contribution in [-0.2, 0) is 15.7 Å². The van der Waals surface area contributed by atoms with E-state index in [1.165, 1.54) is 0 Å². The van der Waals surface area contributed by atoms with E-state index in [0.29, 0.717) is 43.9 Å². The number of anilines is 1. The molecule has 13 heteroatoms. The first-order valence-electron chi connectivity index (χ1n) is 11.7. The number of nitrogens with one attached hydrogen (secondary N) is 1. The molecule has 5 rings (SSSR count). The Bertz CT molecular complexity index is 1030. The topological polar surface area (TPSA) is 72.4 Å². The summed E-state index contributed by atoms with van der Waals surface area (Å²) in [5, 5.41) is 3.51.